The Balaban J connectivity index is 2.32. The Bertz CT molecular complexity index is 556. The first-order valence-electron chi connectivity index (χ1n) is 5.26. The van der Waals surface area contributed by atoms with Gasteiger partial charge in [0.1, 0.15) is 5.82 Å². The fourth-order valence-electron chi connectivity index (χ4n) is 1.78. The van der Waals surface area contributed by atoms with Crippen LogP contribution in [0.3, 0.4) is 0 Å². The van der Waals surface area contributed by atoms with Gasteiger partial charge in [-0.1, -0.05) is 11.8 Å². The molecule has 0 aromatic carbocycles. The van der Waals surface area contributed by atoms with Crippen molar-refractivity contribution in [3.05, 3.63) is 16.4 Å². The lowest BCUT2D eigenvalue weighted by atomic mass is 10.1. The summed E-state index contributed by atoms with van der Waals surface area (Å²) in [7, 11) is 0. The largest absolute Gasteiger partial charge is 0.369 e. The molecular formula is C10H12N4O3S. The van der Waals surface area contributed by atoms with Crippen molar-refractivity contribution in [3.8, 4) is 0 Å². The maximum atomic E-state index is 11.8. The fourth-order valence-corrected chi connectivity index (χ4v) is 2.17. The molecule has 1 saturated heterocycles. The summed E-state index contributed by atoms with van der Waals surface area (Å²) in [5.41, 5.74) is 4.84. The smallest absolute Gasteiger partial charge is 0.253 e. The zero-order valence-corrected chi connectivity index (χ0v) is 10.5. The molecule has 0 saturated carbocycles. The molecule has 1 aromatic heterocycles. The number of anilines is 1. The highest BCUT2D eigenvalue weighted by Gasteiger charge is 2.34. The van der Waals surface area contributed by atoms with Crippen LogP contribution in [-0.4, -0.2) is 34.6 Å². The molecule has 2 heterocycles. The van der Waals surface area contributed by atoms with Crippen LogP contribution < -0.4 is 16.2 Å². The van der Waals surface area contributed by atoms with Crippen LogP contribution in [0.15, 0.2) is 16.0 Å². The summed E-state index contributed by atoms with van der Waals surface area (Å²) >= 11 is 1.27. The number of aromatic nitrogens is 2. The Kier molecular flexibility index (Phi) is 3.37. The monoisotopic (exact) mass is 268 g/mol. The average Bonchev–Trinajstić information content (AvgIpc) is 2.70. The molecule has 18 heavy (non-hydrogen) atoms. The van der Waals surface area contributed by atoms with E-state index in [1.54, 1.807) is 6.26 Å². The van der Waals surface area contributed by atoms with E-state index < -0.39 is 11.8 Å². The second-order valence-electron chi connectivity index (χ2n) is 3.92. The van der Waals surface area contributed by atoms with E-state index in [0.717, 1.165) is 0 Å². The molecule has 3 N–H and O–H groups in total. The minimum Gasteiger partial charge on any atom is -0.369 e. The Labute approximate surface area is 107 Å². The van der Waals surface area contributed by atoms with Crippen LogP contribution in [0.2, 0.25) is 0 Å². The number of nitrogens with one attached hydrogen (secondary N) is 1. The van der Waals surface area contributed by atoms with Gasteiger partial charge in [-0.2, -0.15) is 0 Å². The minimum atomic E-state index is -0.517. The van der Waals surface area contributed by atoms with E-state index in [4.69, 9.17) is 5.73 Å². The van der Waals surface area contributed by atoms with Gasteiger partial charge in [0, 0.05) is 19.0 Å². The van der Waals surface area contributed by atoms with Gasteiger partial charge in [-0.3, -0.25) is 19.3 Å². The standard InChI is InChI=1S/C10H12N4O3S/c1-18-10-12-6(3-7(15)13-10)14-4-5(9(11)17)2-8(14)16/h3,5H,2,4H2,1H3,(H2,11,17)(H,12,13,15). The van der Waals surface area contributed by atoms with Gasteiger partial charge in [0.05, 0.1) is 5.92 Å². The van der Waals surface area contributed by atoms with E-state index in [1.165, 1.54) is 22.7 Å². The van der Waals surface area contributed by atoms with Gasteiger partial charge in [-0.05, 0) is 6.26 Å². The molecule has 1 aliphatic rings. The van der Waals surface area contributed by atoms with Crippen molar-refractivity contribution in [2.75, 3.05) is 17.7 Å². The highest BCUT2D eigenvalue weighted by atomic mass is 32.2. The third kappa shape index (κ3) is 2.37. The van der Waals surface area contributed by atoms with Gasteiger partial charge in [0.15, 0.2) is 5.16 Å². The Morgan fingerprint density at radius 2 is 2.33 bits per heavy atom. The van der Waals surface area contributed by atoms with E-state index in [-0.39, 0.29) is 30.2 Å². The Morgan fingerprint density at radius 3 is 2.89 bits per heavy atom. The molecule has 2 rings (SSSR count). The number of thioether (sulfide) groups is 1. The van der Waals surface area contributed by atoms with E-state index in [9.17, 15) is 14.4 Å². The lowest BCUT2D eigenvalue weighted by molar-refractivity contribution is -0.123. The number of nitrogens with two attached hydrogens (primary N) is 1. The summed E-state index contributed by atoms with van der Waals surface area (Å²) in [6, 6.07) is 1.24. The molecule has 1 atom stereocenters. The van der Waals surface area contributed by atoms with Crippen molar-refractivity contribution in [3.63, 3.8) is 0 Å². The summed E-state index contributed by atoms with van der Waals surface area (Å²) in [6.07, 6.45) is 1.83. The van der Waals surface area contributed by atoms with Crippen molar-refractivity contribution >= 4 is 29.4 Å². The number of amides is 2. The van der Waals surface area contributed by atoms with Crippen LogP contribution in [0.5, 0.6) is 0 Å². The third-order valence-electron chi connectivity index (χ3n) is 2.70. The molecule has 1 fully saturated rings. The van der Waals surface area contributed by atoms with Crippen molar-refractivity contribution in [2.24, 2.45) is 11.7 Å². The molecule has 0 aliphatic carbocycles. The molecule has 96 valence electrons. The molecule has 1 aromatic rings. The molecule has 8 heteroatoms. The van der Waals surface area contributed by atoms with Crippen LogP contribution >= 0.6 is 11.8 Å². The second kappa shape index (κ2) is 4.81. The lowest BCUT2D eigenvalue weighted by Crippen LogP contribution is -2.30. The topological polar surface area (TPSA) is 109 Å². The first-order valence-corrected chi connectivity index (χ1v) is 6.48. The normalized spacial score (nSPS) is 19.3. The Hall–Kier alpha value is -1.83. The first-order chi connectivity index (χ1) is 8.51. The maximum absolute atomic E-state index is 11.8. The van der Waals surface area contributed by atoms with E-state index in [0.29, 0.717) is 5.16 Å². The number of hydrogen-bond donors (Lipinski definition) is 2. The lowest BCUT2D eigenvalue weighted by Gasteiger charge is -2.14. The first kappa shape index (κ1) is 12.6. The van der Waals surface area contributed by atoms with E-state index in [2.05, 4.69) is 9.97 Å². The summed E-state index contributed by atoms with van der Waals surface area (Å²) in [6.45, 7) is 0.179. The summed E-state index contributed by atoms with van der Waals surface area (Å²) in [5.74, 6) is -1.02. The van der Waals surface area contributed by atoms with Gasteiger partial charge in [0.2, 0.25) is 11.8 Å². The Morgan fingerprint density at radius 1 is 1.61 bits per heavy atom. The number of carbonyl (C=O) groups is 2. The van der Waals surface area contributed by atoms with Gasteiger partial charge < -0.3 is 10.7 Å². The molecule has 0 spiro atoms. The minimum absolute atomic E-state index is 0.0679. The zero-order chi connectivity index (χ0) is 13.3. The van der Waals surface area contributed by atoms with Crippen LogP contribution in [0.25, 0.3) is 0 Å². The van der Waals surface area contributed by atoms with E-state index in [1.807, 2.05) is 0 Å². The molecular weight excluding hydrogens is 256 g/mol. The molecule has 2 amide bonds. The summed E-state index contributed by atoms with van der Waals surface area (Å²) < 4.78 is 0. The molecule has 0 bridgehead atoms. The van der Waals surface area contributed by atoms with Crippen LogP contribution in [0.1, 0.15) is 6.42 Å². The summed E-state index contributed by atoms with van der Waals surface area (Å²) in [5, 5.41) is 0.424. The van der Waals surface area contributed by atoms with Gasteiger partial charge in [-0.25, -0.2) is 4.98 Å². The number of carbonyl (C=O) groups excluding carboxylic acids is 2. The van der Waals surface area contributed by atoms with Gasteiger partial charge in [0.25, 0.3) is 5.56 Å². The van der Waals surface area contributed by atoms with Crippen LogP contribution in [0, 0.1) is 5.92 Å². The zero-order valence-electron chi connectivity index (χ0n) is 9.67. The van der Waals surface area contributed by atoms with Crippen LogP contribution in [-0.2, 0) is 9.59 Å². The van der Waals surface area contributed by atoms with Gasteiger partial charge in [-0.15, -0.1) is 0 Å². The molecule has 1 unspecified atom stereocenters. The predicted molar refractivity (Wildman–Crippen MR) is 66.3 cm³/mol. The number of hydrogen-bond acceptors (Lipinski definition) is 5. The van der Waals surface area contributed by atoms with Crippen LogP contribution in [0.4, 0.5) is 5.82 Å². The van der Waals surface area contributed by atoms with Crippen molar-refractivity contribution < 1.29 is 9.59 Å². The molecule has 0 radical (unpaired) electrons. The number of aromatic amines is 1. The molecule has 1 aliphatic heterocycles. The number of nitrogens with zero attached hydrogens (tertiary/aromatic N) is 2. The SMILES string of the molecule is CSc1nc(N2CC(C(N)=O)CC2=O)cc(=O)[nH]1. The molecule has 7 nitrogen and oxygen atoms in total. The highest BCUT2D eigenvalue weighted by molar-refractivity contribution is 7.98. The third-order valence-corrected chi connectivity index (χ3v) is 3.28. The average molecular weight is 268 g/mol. The highest BCUT2D eigenvalue weighted by Crippen LogP contribution is 2.23. The van der Waals surface area contributed by atoms with E-state index >= 15 is 0 Å². The van der Waals surface area contributed by atoms with Crippen molar-refractivity contribution in [1.82, 2.24) is 9.97 Å². The number of rotatable bonds is 3. The second-order valence-corrected chi connectivity index (χ2v) is 4.72. The van der Waals surface area contributed by atoms with Gasteiger partial charge >= 0.3 is 0 Å². The summed E-state index contributed by atoms with van der Waals surface area (Å²) in [4.78, 5) is 42.2. The van der Waals surface area contributed by atoms with Crippen molar-refractivity contribution in [2.45, 2.75) is 11.6 Å². The predicted octanol–water partition coefficient (Wildman–Crippen LogP) is -0.670. The maximum Gasteiger partial charge on any atom is 0.253 e. The quantitative estimate of drug-likeness (QED) is 0.558. The number of H-pyrrole nitrogens is 1. The fraction of sp³-hybridized carbons (Fsp3) is 0.400. The number of primary amides is 1. The van der Waals surface area contributed by atoms with Crippen molar-refractivity contribution in [1.29, 1.82) is 0 Å².